The van der Waals surface area contributed by atoms with E-state index in [1.54, 1.807) is 0 Å². The highest BCUT2D eigenvalue weighted by Gasteiger charge is 2.18. The number of hydrogen-bond acceptors (Lipinski definition) is 1. The molecule has 0 radical (unpaired) electrons. The van der Waals surface area contributed by atoms with E-state index in [0.717, 1.165) is 0 Å². The monoisotopic (exact) mass is 129 g/mol. The van der Waals surface area contributed by atoms with E-state index in [4.69, 9.17) is 0 Å². The number of amides is 1. The van der Waals surface area contributed by atoms with Gasteiger partial charge in [-0.1, -0.05) is 6.08 Å². The zero-order valence-electron chi connectivity index (χ0n) is 4.93. The normalized spacial score (nSPS) is 27.2. The summed E-state index contributed by atoms with van der Waals surface area (Å²) in [5.41, 5.74) is 0. The van der Waals surface area contributed by atoms with Crippen LogP contribution in [0, 0.1) is 5.92 Å². The fourth-order valence-corrected chi connectivity index (χ4v) is 0.866. The van der Waals surface area contributed by atoms with Crippen LogP contribution >= 0.6 is 0 Å². The number of nitrogens with one attached hydrogen (secondary N) is 1. The van der Waals surface area contributed by atoms with Crippen LogP contribution in [0.25, 0.3) is 0 Å². The summed E-state index contributed by atoms with van der Waals surface area (Å²) < 4.78 is 11.5. The van der Waals surface area contributed by atoms with E-state index < -0.39 is 0 Å². The average Bonchev–Trinajstić information content (AvgIpc) is 2.17. The van der Waals surface area contributed by atoms with Gasteiger partial charge in [-0.3, -0.25) is 4.79 Å². The molecule has 0 aromatic rings. The van der Waals surface area contributed by atoms with Crippen molar-refractivity contribution in [3.05, 3.63) is 12.4 Å². The summed E-state index contributed by atoms with van der Waals surface area (Å²) >= 11 is 0. The van der Waals surface area contributed by atoms with Crippen molar-refractivity contribution in [2.75, 3.05) is 6.54 Å². The van der Waals surface area contributed by atoms with E-state index in [1.165, 1.54) is 6.08 Å². The van der Waals surface area contributed by atoms with Crippen molar-refractivity contribution in [2.24, 2.45) is 5.92 Å². The van der Waals surface area contributed by atoms with Crippen LogP contribution in [0.15, 0.2) is 12.4 Å². The van der Waals surface area contributed by atoms with Crippen molar-refractivity contribution in [1.29, 1.82) is 0 Å². The smallest absolute Gasteiger partial charge is 0.220 e. The Labute approximate surface area is 52.7 Å². The Balaban J connectivity index is 2.39. The van der Waals surface area contributed by atoms with Gasteiger partial charge in [0.1, 0.15) is 0 Å². The fraction of sp³-hybridized carbons (Fsp3) is 0.500. The maximum absolute atomic E-state index is 11.5. The molecule has 1 N–H and O–H groups in total. The molecule has 3 heteroatoms. The highest BCUT2D eigenvalue weighted by Crippen LogP contribution is 2.09. The van der Waals surface area contributed by atoms with Gasteiger partial charge >= 0.3 is 0 Å². The molecular formula is C6H8FNO. The van der Waals surface area contributed by atoms with Crippen molar-refractivity contribution in [1.82, 2.24) is 5.32 Å². The highest BCUT2D eigenvalue weighted by atomic mass is 19.1. The second-order valence-electron chi connectivity index (χ2n) is 2.09. The van der Waals surface area contributed by atoms with Gasteiger partial charge in [-0.15, -0.1) is 0 Å². The second-order valence-corrected chi connectivity index (χ2v) is 2.09. The summed E-state index contributed by atoms with van der Waals surface area (Å²) in [5, 5.41) is 2.60. The molecule has 0 spiro atoms. The lowest BCUT2D eigenvalue weighted by Gasteiger charge is -1.92. The van der Waals surface area contributed by atoms with E-state index >= 15 is 0 Å². The molecule has 1 fully saturated rings. The molecule has 1 rings (SSSR count). The first-order chi connectivity index (χ1) is 4.33. The van der Waals surface area contributed by atoms with Crippen molar-refractivity contribution in [3.8, 4) is 0 Å². The maximum Gasteiger partial charge on any atom is 0.220 e. The standard InChI is InChI=1S/C6H8FNO/c7-2-1-5-3-6(9)8-4-5/h1-2,5H,3-4H2,(H,8,9). The van der Waals surface area contributed by atoms with Gasteiger partial charge in [0.05, 0.1) is 6.33 Å². The minimum atomic E-state index is 0.0121. The van der Waals surface area contributed by atoms with Gasteiger partial charge in [-0.05, 0) is 0 Å². The molecule has 0 saturated carbocycles. The van der Waals surface area contributed by atoms with Crippen LogP contribution in [0.2, 0.25) is 0 Å². The van der Waals surface area contributed by atoms with Gasteiger partial charge in [0, 0.05) is 18.9 Å². The fourth-order valence-electron chi connectivity index (χ4n) is 0.866. The minimum Gasteiger partial charge on any atom is -0.355 e. The van der Waals surface area contributed by atoms with Crippen LogP contribution in [-0.2, 0) is 4.79 Å². The predicted molar refractivity (Wildman–Crippen MR) is 31.4 cm³/mol. The second kappa shape index (κ2) is 2.62. The molecule has 0 aliphatic carbocycles. The summed E-state index contributed by atoms with van der Waals surface area (Å²) in [6.45, 7) is 0.583. The predicted octanol–water partition coefficient (Wildman–Crippen LogP) is 0.606. The molecule has 1 atom stereocenters. The van der Waals surface area contributed by atoms with Crippen molar-refractivity contribution < 1.29 is 9.18 Å². The van der Waals surface area contributed by atoms with Crippen LogP contribution in [0.5, 0.6) is 0 Å². The molecule has 2 nitrogen and oxygen atoms in total. The van der Waals surface area contributed by atoms with E-state index in [1.807, 2.05) is 0 Å². The zero-order chi connectivity index (χ0) is 6.69. The minimum absolute atomic E-state index is 0.0121. The third kappa shape index (κ3) is 1.52. The molecule has 50 valence electrons. The molecule has 1 aliphatic heterocycles. The maximum atomic E-state index is 11.5. The SMILES string of the molecule is O=C1CC(C=CF)CN1. The van der Waals surface area contributed by atoms with Crippen LogP contribution in [0.1, 0.15) is 6.42 Å². The molecule has 0 bridgehead atoms. The molecule has 1 saturated heterocycles. The molecule has 1 aliphatic rings. The number of hydrogen-bond donors (Lipinski definition) is 1. The van der Waals surface area contributed by atoms with Crippen LogP contribution < -0.4 is 5.32 Å². The third-order valence-corrected chi connectivity index (χ3v) is 1.35. The van der Waals surface area contributed by atoms with E-state index in [9.17, 15) is 9.18 Å². The summed E-state index contributed by atoms with van der Waals surface area (Å²) in [6.07, 6.45) is 2.32. The van der Waals surface area contributed by atoms with Gasteiger partial charge in [0.15, 0.2) is 0 Å². The van der Waals surface area contributed by atoms with Crippen molar-refractivity contribution in [3.63, 3.8) is 0 Å². The van der Waals surface area contributed by atoms with Crippen molar-refractivity contribution in [2.45, 2.75) is 6.42 Å². The van der Waals surface area contributed by atoms with Gasteiger partial charge < -0.3 is 5.32 Å². The Morgan fingerprint density at radius 1 is 1.78 bits per heavy atom. The highest BCUT2D eigenvalue weighted by molar-refractivity contribution is 5.78. The third-order valence-electron chi connectivity index (χ3n) is 1.35. The van der Waals surface area contributed by atoms with Crippen LogP contribution in [-0.4, -0.2) is 12.5 Å². The first-order valence-electron chi connectivity index (χ1n) is 2.86. The van der Waals surface area contributed by atoms with Gasteiger partial charge in [-0.25, -0.2) is 4.39 Å². The summed E-state index contributed by atoms with van der Waals surface area (Å²) in [6, 6.07) is 0. The van der Waals surface area contributed by atoms with Gasteiger partial charge in [0.2, 0.25) is 5.91 Å². The van der Waals surface area contributed by atoms with E-state index in [0.29, 0.717) is 19.3 Å². The van der Waals surface area contributed by atoms with Crippen LogP contribution in [0.4, 0.5) is 4.39 Å². The summed E-state index contributed by atoms with van der Waals surface area (Å²) in [5.74, 6) is 0.0839. The van der Waals surface area contributed by atoms with E-state index in [2.05, 4.69) is 5.32 Å². The van der Waals surface area contributed by atoms with Crippen molar-refractivity contribution >= 4 is 5.91 Å². The van der Waals surface area contributed by atoms with E-state index in [-0.39, 0.29) is 11.8 Å². The topological polar surface area (TPSA) is 29.1 Å². The first kappa shape index (κ1) is 6.26. The Kier molecular flexibility index (Phi) is 1.82. The Hall–Kier alpha value is -0.860. The Morgan fingerprint density at radius 3 is 3.00 bits per heavy atom. The average molecular weight is 129 g/mol. The quantitative estimate of drug-likeness (QED) is 0.552. The molecule has 9 heavy (non-hydrogen) atoms. The Bertz CT molecular complexity index is 144. The lowest BCUT2D eigenvalue weighted by atomic mass is 10.1. The van der Waals surface area contributed by atoms with Gasteiger partial charge in [-0.2, -0.15) is 0 Å². The lowest BCUT2D eigenvalue weighted by Crippen LogP contribution is -2.13. The van der Waals surface area contributed by atoms with Crippen LogP contribution in [0.3, 0.4) is 0 Å². The largest absolute Gasteiger partial charge is 0.355 e. The molecule has 0 aromatic carbocycles. The molecule has 0 aromatic heterocycles. The number of rotatable bonds is 1. The summed E-state index contributed by atoms with van der Waals surface area (Å²) in [4.78, 5) is 10.5. The first-order valence-corrected chi connectivity index (χ1v) is 2.86. The summed E-state index contributed by atoms with van der Waals surface area (Å²) in [7, 11) is 0. The zero-order valence-corrected chi connectivity index (χ0v) is 4.93. The number of carbonyl (C=O) groups is 1. The number of carbonyl (C=O) groups excluding carboxylic acids is 1. The number of halogens is 1. The molecular weight excluding hydrogens is 121 g/mol. The Morgan fingerprint density at radius 2 is 2.56 bits per heavy atom. The molecule has 1 amide bonds. The molecule has 1 heterocycles. The lowest BCUT2D eigenvalue weighted by molar-refractivity contribution is -0.119. The van der Waals surface area contributed by atoms with Gasteiger partial charge in [0.25, 0.3) is 0 Å². The molecule has 1 unspecified atom stereocenters.